The van der Waals surface area contributed by atoms with E-state index < -0.39 is 32.7 Å². The number of rotatable bonds is 10. The maximum atomic E-state index is 13.8. The summed E-state index contributed by atoms with van der Waals surface area (Å²) < 4.78 is 65.5. The second-order valence-electron chi connectivity index (χ2n) is 9.53. The Hall–Kier alpha value is -3.93. The molecule has 1 atom stereocenters. The summed E-state index contributed by atoms with van der Waals surface area (Å²) >= 11 is 0. The van der Waals surface area contributed by atoms with E-state index in [1.165, 1.54) is 23.1 Å². The highest BCUT2D eigenvalue weighted by molar-refractivity contribution is 7.90. The molecule has 0 saturated carbocycles. The minimum atomic E-state index is -4.62. The van der Waals surface area contributed by atoms with Gasteiger partial charge >= 0.3 is 6.18 Å². The topological polar surface area (TPSA) is 108 Å². The summed E-state index contributed by atoms with van der Waals surface area (Å²) in [4.78, 5) is 29.5. The SMILES string of the molecule is CC(c1ccccc1CCc1nc(Nc2ccc(C(=O)NCC(=O)N(C)C)cc2)ccc1C(F)(F)F)S(C)(=O)=O. The first kappa shape index (κ1) is 30.6. The van der Waals surface area contributed by atoms with Crippen molar-refractivity contribution in [3.63, 3.8) is 0 Å². The Balaban J connectivity index is 1.79. The van der Waals surface area contributed by atoms with Gasteiger partial charge in [-0.05, 0) is 67.3 Å². The molecule has 1 unspecified atom stereocenters. The fourth-order valence-corrected chi connectivity index (χ4v) is 4.62. The predicted molar refractivity (Wildman–Crippen MR) is 147 cm³/mol. The van der Waals surface area contributed by atoms with Crippen LogP contribution in [-0.4, -0.2) is 57.0 Å². The van der Waals surface area contributed by atoms with E-state index in [-0.39, 0.29) is 36.8 Å². The van der Waals surface area contributed by atoms with Crippen LogP contribution in [0.1, 0.15) is 44.9 Å². The summed E-state index contributed by atoms with van der Waals surface area (Å²) in [6, 6.07) is 15.2. The molecular weight excluding hydrogens is 545 g/mol. The van der Waals surface area contributed by atoms with Gasteiger partial charge in [0.25, 0.3) is 5.91 Å². The highest BCUT2D eigenvalue weighted by Gasteiger charge is 2.34. The molecule has 1 aromatic heterocycles. The highest BCUT2D eigenvalue weighted by Crippen LogP contribution is 2.34. The number of likely N-dealkylation sites (N-methyl/N-ethyl adjacent to an activating group) is 1. The zero-order chi connectivity index (χ0) is 29.7. The molecule has 0 spiro atoms. The third-order valence-corrected chi connectivity index (χ3v) is 7.90. The third kappa shape index (κ3) is 8.04. The summed E-state index contributed by atoms with van der Waals surface area (Å²) in [5.41, 5.74) is 0.927. The Morgan fingerprint density at radius 1 is 0.975 bits per heavy atom. The Labute approximate surface area is 231 Å². The fraction of sp³-hybridized carbons (Fsp3) is 0.321. The van der Waals surface area contributed by atoms with Crippen molar-refractivity contribution in [2.75, 3.05) is 32.2 Å². The Morgan fingerprint density at radius 2 is 1.62 bits per heavy atom. The number of alkyl halides is 3. The minimum absolute atomic E-state index is 0.0668. The van der Waals surface area contributed by atoms with E-state index in [1.807, 2.05) is 0 Å². The highest BCUT2D eigenvalue weighted by atomic mass is 32.2. The number of halogens is 3. The van der Waals surface area contributed by atoms with Gasteiger partial charge in [-0.3, -0.25) is 9.59 Å². The monoisotopic (exact) mass is 576 g/mol. The van der Waals surface area contributed by atoms with Gasteiger partial charge in [0.1, 0.15) is 5.82 Å². The molecule has 0 aliphatic heterocycles. The number of carbonyl (C=O) groups excluding carboxylic acids is 2. The first-order valence-corrected chi connectivity index (χ1v) is 14.3. The van der Waals surface area contributed by atoms with Gasteiger partial charge in [0.15, 0.2) is 9.84 Å². The molecule has 1 heterocycles. The van der Waals surface area contributed by atoms with Gasteiger partial charge in [-0.1, -0.05) is 24.3 Å². The maximum Gasteiger partial charge on any atom is 0.418 e. The average Bonchev–Trinajstić information content (AvgIpc) is 2.89. The van der Waals surface area contributed by atoms with Crippen LogP contribution in [0.5, 0.6) is 0 Å². The number of pyridine rings is 1. The number of benzene rings is 2. The average molecular weight is 577 g/mol. The number of hydrogen-bond donors (Lipinski definition) is 2. The lowest BCUT2D eigenvalue weighted by atomic mass is 9.98. The summed E-state index contributed by atoms with van der Waals surface area (Å²) in [5, 5.41) is 4.67. The fourth-order valence-electron chi connectivity index (χ4n) is 3.93. The van der Waals surface area contributed by atoms with Crippen molar-refractivity contribution in [3.8, 4) is 0 Å². The molecule has 0 radical (unpaired) electrons. The van der Waals surface area contributed by atoms with E-state index >= 15 is 0 Å². The number of amides is 2. The number of hydrogen-bond acceptors (Lipinski definition) is 6. The van der Waals surface area contributed by atoms with Gasteiger partial charge in [-0.2, -0.15) is 13.2 Å². The number of aryl methyl sites for hydroxylation is 2. The van der Waals surface area contributed by atoms with E-state index in [0.29, 0.717) is 22.4 Å². The molecule has 40 heavy (non-hydrogen) atoms. The van der Waals surface area contributed by atoms with Crippen molar-refractivity contribution in [2.24, 2.45) is 0 Å². The Bertz CT molecular complexity index is 1470. The Morgan fingerprint density at radius 3 is 2.23 bits per heavy atom. The van der Waals surface area contributed by atoms with Crippen LogP contribution in [0.25, 0.3) is 0 Å². The molecule has 214 valence electrons. The van der Waals surface area contributed by atoms with Gasteiger partial charge in [0.2, 0.25) is 5.91 Å². The second kappa shape index (κ2) is 12.5. The molecule has 8 nitrogen and oxygen atoms in total. The lowest BCUT2D eigenvalue weighted by Gasteiger charge is -2.17. The van der Waals surface area contributed by atoms with Crippen LogP contribution < -0.4 is 10.6 Å². The van der Waals surface area contributed by atoms with Gasteiger partial charge in [-0.15, -0.1) is 0 Å². The number of anilines is 2. The summed E-state index contributed by atoms with van der Waals surface area (Å²) in [6.07, 6.45) is -3.40. The van der Waals surface area contributed by atoms with Crippen LogP contribution in [-0.2, 0) is 33.6 Å². The van der Waals surface area contributed by atoms with Crippen molar-refractivity contribution >= 4 is 33.2 Å². The first-order valence-electron chi connectivity index (χ1n) is 12.4. The quantitative estimate of drug-likeness (QED) is 0.367. The molecule has 12 heteroatoms. The van der Waals surface area contributed by atoms with Gasteiger partial charge in [-0.25, -0.2) is 13.4 Å². The third-order valence-electron chi connectivity index (χ3n) is 6.36. The Kier molecular flexibility index (Phi) is 9.56. The van der Waals surface area contributed by atoms with Crippen molar-refractivity contribution in [3.05, 3.63) is 88.6 Å². The smallest absolute Gasteiger partial charge is 0.347 e. The van der Waals surface area contributed by atoms with E-state index in [2.05, 4.69) is 15.6 Å². The molecule has 0 saturated heterocycles. The van der Waals surface area contributed by atoms with E-state index in [1.54, 1.807) is 57.4 Å². The van der Waals surface area contributed by atoms with Crippen LogP contribution in [0.2, 0.25) is 0 Å². The van der Waals surface area contributed by atoms with Gasteiger partial charge < -0.3 is 15.5 Å². The number of sulfone groups is 1. The molecule has 2 aromatic carbocycles. The molecular formula is C28H31F3N4O4S. The number of aromatic nitrogens is 1. The van der Waals surface area contributed by atoms with Crippen LogP contribution in [0.4, 0.5) is 24.7 Å². The second-order valence-corrected chi connectivity index (χ2v) is 11.9. The van der Waals surface area contributed by atoms with Crippen LogP contribution in [0.3, 0.4) is 0 Å². The summed E-state index contributed by atoms with van der Waals surface area (Å²) in [5.74, 6) is -0.527. The minimum Gasteiger partial charge on any atom is -0.347 e. The molecule has 2 amide bonds. The van der Waals surface area contributed by atoms with E-state index in [9.17, 15) is 31.2 Å². The van der Waals surface area contributed by atoms with E-state index in [0.717, 1.165) is 12.3 Å². The number of nitrogens with one attached hydrogen (secondary N) is 2. The van der Waals surface area contributed by atoms with Gasteiger partial charge in [0.05, 0.1) is 23.1 Å². The lowest BCUT2D eigenvalue weighted by Crippen LogP contribution is -2.36. The molecule has 0 fully saturated rings. The standard InChI is InChI=1S/C28H31F3N4O4S/c1-18(40(4,38)39)22-8-6-5-7-19(22)11-15-24-23(28(29,30)31)14-16-25(34-24)33-21-12-9-20(10-13-21)27(37)32-17-26(36)35(2)3/h5-10,12-14,16,18H,11,15,17H2,1-4H3,(H,32,37)(H,33,34). The molecule has 3 aromatic rings. The van der Waals surface area contributed by atoms with Crippen molar-refractivity contribution in [2.45, 2.75) is 31.2 Å². The normalized spacial score (nSPS) is 12.5. The maximum absolute atomic E-state index is 13.8. The van der Waals surface area contributed by atoms with Crippen molar-refractivity contribution in [1.82, 2.24) is 15.2 Å². The van der Waals surface area contributed by atoms with Gasteiger partial charge in [0, 0.05) is 31.6 Å². The largest absolute Gasteiger partial charge is 0.418 e. The summed E-state index contributed by atoms with van der Waals surface area (Å²) in [6.45, 7) is 1.40. The lowest BCUT2D eigenvalue weighted by molar-refractivity contribution is -0.138. The molecule has 0 aliphatic carbocycles. The predicted octanol–water partition coefficient (Wildman–Crippen LogP) is 4.55. The first-order chi connectivity index (χ1) is 18.7. The van der Waals surface area contributed by atoms with Crippen molar-refractivity contribution in [1.29, 1.82) is 0 Å². The number of nitrogens with zero attached hydrogens (tertiary/aromatic N) is 2. The number of carbonyl (C=O) groups is 2. The van der Waals surface area contributed by atoms with Crippen molar-refractivity contribution < 1.29 is 31.2 Å². The van der Waals surface area contributed by atoms with Crippen LogP contribution >= 0.6 is 0 Å². The van der Waals surface area contributed by atoms with E-state index in [4.69, 9.17) is 0 Å². The zero-order valence-electron chi connectivity index (χ0n) is 22.5. The molecule has 0 bridgehead atoms. The molecule has 0 aliphatic rings. The van der Waals surface area contributed by atoms with Crippen LogP contribution in [0.15, 0.2) is 60.7 Å². The van der Waals surface area contributed by atoms with Crippen LogP contribution in [0, 0.1) is 0 Å². The summed E-state index contributed by atoms with van der Waals surface area (Å²) in [7, 11) is -0.246. The zero-order valence-corrected chi connectivity index (χ0v) is 23.4. The molecule has 3 rings (SSSR count). The molecule has 2 N–H and O–H groups in total.